The van der Waals surface area contributed by atoms with Crippen LogP contribution in [-0.2, 0) is 4.74 Å². The summed E-state index contributed by atoms with van der Waals surface area (Å²) in [6.07, 6.45) is 2.07. The molecule has 0 radical (unpaired) electrons. The van der Waals surface area contributed by atoms with Crippen molar-refractivity contribution in [1.29, 1.82) is 0 Å². The van der Waals surface area contributed by atoms with E-state index in [4.69, 9.17) is 9.47 Å². The number of aliphatic hydroxyl groups excluding tert-OH is 1. The minimum Gasteiger partial charge on any atom is -0.475 e. The molecule has 2 rings (SSSR count). The molecular formula is C16H24N2O4. The van der Waals surface area contributed by atoms with E-state index in [0.717, 1.165) is 12.8 Å². The fraction of sp³-hybridized carbons (Fsp3) is 0.625. The first-order chi connectivity index (χ1) is 10.4. The number of rotatable bonds is 4. The zero-order chi connectivity index (χ0) is 16.2. The Morgan fingerprint density at radius 2 is 2.27 bits per heavy atom. The number of carbonyl (C=O) groups excluding carboxylic acids is 1. The van der Waals surface area contributed by atoms with Crippen molar-refractivity contribution < 1.29 is 19.4 Å². The number of likely N-dealkylation sites (tertiary alicyclic amines) is 1. The summed E-state index contributed by atoms with van der Waals surface area (Å²) in [6.45, 7) is 6.19. The molecule has 6 heteroatoms. The molecule has 0 bridgehead atoms. The van der Waals surface area contributed by atoms with Gasteiger partial charge in [0.25, 0.3) is 0 Å². The van der Waals surface area contributed by atoms with Crippen molar-refractivity contribution in [2.24, 2.45) is 0 Å². The van der Waals surface area contributed by atoms with E-state index in [0.29, 0.717) is 12.4 Å². The molecule has 0 saturated carbocycles. The zero-order valence-corrected chi connectivity index (χ0v) is 13.4. The number of pyridine rings is 1. The van der Waals surface area contributed by atoms with Gasteiger partial charge in [-0.3, -0.25) is 0 Å². The zero-order valence-electron chi connectivity index (χ0n) is 13.4. The molecule has 1 saturated heterocycles. The summed E-state index contributed by atoms with van der Waals surface area (Å²) in [5.41, 5.74) is -0.542. The van der Waals surface area contributed by atoms with Gasteiger partial charge in [-0.25, -0.2) is 9.78 Å². The minimum absolute atomic E-state index is 0.0982. The second kappa shape index (κ2) is 6.96. The van der Waals surface area contributed by atoms with E-state index >= 15 is 0 Å². The molecule has 1 aliphatic rings. The largest absolute Gasteiger partial charge is 0.475 e. The Kier molecular flexibility index (Phi) is 5.24. The van der Waals surface area contributed by atoms with E-state index in [2.05, 4.69) is 4.98 Å². The molecule has 0 aliphatic carbocycles. The van der Waals surface area contributed by atoms with Crippen molar-refractivity contribution in [2.45, 2.75) is 51.4 Å². The second-order valence-corrected chi connectivity index (χ2v) is 6.43. The lowest BCUT2D eigenvalue weighted by atomic mass is 10.1. The van der Waals surface area contributed by atoms with Crippen molar-refractivity contribution in [3.8, 4) is 5.88 Å². The van der Waals surface area contributed by atoms with Crippen LogP contribution < -0.4 is 4.74 Å². The van der Waals surface area contributed by atoms with Gasteiger partial charge in [0.2, 0.25) is 5.88 Å². The third-order valence-corrected chi connectivity index (χ3v) is 3.41. The third kappa shape index (κ3) is 4.59. The fourth-order valence-corrected chi connectivity index (χ4v) is 2.45. The molecule has 6 nitrogen and oxygen atoms in total. The highest BCUT2D eigenvalue weighted by atomic mass is 16.6. The molecule has 1 aromatic heterocycles. The average Bonchev–Trinajstić information content (AvgIpc) is 2.93. The first-order valence-corrected chi connectivity index (χ1v) is 7.58. The molecule has 0 aromatic carbocycles. The highest BCUT2D eigenvalue weighted by molar-refractivity contribution is 5.69. The van der Waals surface area contributed by atoms with Crippen molar-refractivity contribution in [3.05, 3.63) is 24.4 Å². The molecule has 1 fully saturated rings. The van der Waals surface area contributed by atoms with Gasteiger partial charge < -0.3 is 19.5 Å². The predicted octanol–water partition coefficient (Wildman–Crippen LogP) is 2.22. The summed E-state index contributed by atoms with van der Waals surface area (Å²) in [4.78, 5) is 17.8. The van der Waals surface area contributed by atoms with Crippen molar-refractivity contribution in [3.63, 3.8) is 0 Å². The van der Waals surface area contributed by atoms with Gasteiger partial charge in [0.1, 0.15) is 18.3 Å². The van der Waals surface area contributed by atoms with Crippen LogP contribution in [0.3, 0.4) is 0 Å². The van der Waals surface area contributed by atoms with Gasteiger partial charge in [-0.1, -0.05) is 6.07 Å². The fourth-order valence-electron chi connectivity index (χ4n) is 2.45. The number of ether oxygens (including phenoxy) is 2. The minimum atomic E-state index is -0.767. The Hall–Kier alpha value is -1.82. The van der Waals surface area contributed by atoms with E-state index in [1.807, 2.05) is 26.8 Å². The van der Waals surface area contributed by atoms with Crippen LogP contribution in [0.4, 0.5) is 4.79 Å². The quantitative estimate of drug-likeness (QED) is 0.923. The SMILES string of the molecule is CC(C)(C)OC(=O)N1CCC[C@H]1C(O)COc1ccccn1. The number of aromatic nitrogens is 1. The van der Waals surface area contributed by atoms with Crippen molar-refractivity contribution >= 4 is 6.09 Å². The first-order valence-electron chi connectivity index (χ1n) is 7.58. The molecule has 22 heavy (non-hydrogen) atoms. The molecule has 1 unspecified atom stereocenters. The van der Waals surface area contributed by atoms with Gasteiger partial charge in [-0.15, -0.1) is 0 Å². The summed E-state index contributed by atoms with van der Waals surface area (Å²) < 4.78 is 10.9. The summed E-state index contributed by atoms with van der Waals surface area (Å²) in [5.74, 6) is 0.461. The van der Waals surface area contributed by atoms with Crippen LogP contribution in [0.15, 0.2) is 24.4 Å². The average molecular weight is 308 g/mol. The van der Waals surface area contributed by atoms with Crippen LogP contribution in [0.2, 0.25) is 0 Å². The van der Waals surface area contributed by atoms with Crippen molar-refractivity contribution in [2.75, 3.05) is 13.2 Å². The molecule has 2 atom stereocenters. The monoisotopic (exact) mass is 308 g/mol. The topological polar surface area (TPSA) is 71.9 Å². The molecule has 1 amide bonds. The molecule has 1 N–H and O–H groups in total. The van der Waals surface area contributed by atoms with Gasteiger partial charge in [-0.05, 0) is 39.7 Å². The molecule has 122 valence electrons. The smallest absolute Gasteiger partial charge is 0.410 e. The van der Waals surface area contributed by atoms with E-state index in [-0.39, 0.29) is 18.7 Å². The lowest BCUT2D eigenvalue weighted by molar-refractivity contribution is -0.00390. The summed E-state index contributed by atoms with van der Waals surface area (Å²) >= 11 is 0. The lowest BCUT2D eigenvalue weighted by Crippen LogP contribution is -2.46. The van der Waals surface area contributed by atoms with Crippen LogP contribution in [0, 0.1) is 0 Å². The number of nitrogens with zero attached hydrogens (tertiary/aromatic N) is 2. The summed E-state index contributed by atoms with van der Waals surface area (Å²) in [6, 6.07) is 5.06. The third-order valence-electron chi connectivity index (χ3n) is 3.41. The number of hydrogen-bond acceptors (Lipinski definition) is 5. The number of carbonyl (C=O) groups is 1. The van der Waals surface area contributed by atoms with Crippen LogP contribution in [-0.4, -0.2) is 52.0 Å². The predicted molar refractivity (Wildman–Crippen MR) is 81.7 cm³/mol. The Bertz CT molecular complexity index is 487. The molecular weight excluding hydrogens is 284 g/mol. The van der Waals surface area contributed by atoms with E-state index in [1.54, 1.807) is 23.2 Å². The van der Waals surface area contributed by atoms with Gasteiger partial charge >= 0.3 is 6.09 Å². The number of hydrogen-bond donors (Lipinski definition) is 1. The maximum atomic E-state index is 12.2. The molecule has 0 spiro atoms. The van der Waals surface area contributed by atoms with Gasteiger partial charge in [0.05, 0.1) is 6.04 Å². The van der Waals surface area contributed by atoms with Crippen LogP contribution in [0.25, 0.3) is 0 Å². The maximum absolute atomic E-state index is 12.2. The Morgan fingerprint density at radius 3 is 2.91 bits per heavy atom. The molecule has 1 aliphatic heterocycles. The van der Waals surface area contributed by atoms with E-state index in [9.17, 15) is 9.90 Å². The van der Waals surface area contributed by atoms with Crippen LogP contribution in [0.1, 0.15) is 33.6 Å². The van der Waals surface area contributed by atoms with E-state index in [1.165, 1.54) is 0 Å². The summed E-state index contributed by atoms with van der Waals surface area (Å²) in [5, 5.41) is 10.3. The number of amides is 1. The molecule has 1 aromatic rings. The first kappa shape index (κ1) is 16.5. The number of aliphatic hydroxyl groups is 1. The van der Waals surface area contributed by atoms with Crippen molar-refractivity contribution in [1.82, 2.24) is 9.88 Å². The standard InChI is InChI=1S/C16H24N2O4/c1-16(2,3)22-15(20)18-10-6-7-12(18)13(19)11-21-14-8-4-5-9-17-14/h4-5,8-9,12-13,19H,6-7,10-11H2,1-3H3/t12-,13?/m0/s1. The molecule has 2 heterocycles. The summed E-state index contributed by atoms with van der Waals surface area (Å²) in [7, 11) is 0. The van der Waals surface area contributed by atoms with E-state index < -0.39 is 11.7 Å². The maximum Gasteiger partial charge on any atom is 0.410 e. The van der Waals surface area contributed by atoms with Crippen LogP contribution >= 0.6 is 0 Å². The Morgan fingerprint density at radius 1 is 1.50 bits per heavy atom. The highest BCUT2D eigenvalue weighted by Gasteiger charge is 2.36. The van der Waals surface area contributed by atoms with Gasteiger partial charge in [0, 0.05) is 18.8 Å². The Balaban J connectivity index is 1.90. The van der Waals surface area contributed by atoms with Crippen LogP contribution in [0.5, 0.6) is 5.88 Å². The van der Waals surface area contributed by atoms with Gasteiger partial charge in [0.15, 0.2) is 0 Å². The lowest BCUT2D eigenvalue weighted by Gasteiger charge is -2.30. The Labute approximate surface area is 131 Å². The normalized spacial score (nSPS) is 19.8. The van der Waals surface area contributed by atoms with Gasteiger partial charge in [-0.2, -0.15) is 0 Å². The second-order valence-electron chi connectivity index (χ2n) is 6.43. The highest BCUT2D eigenvalue weighted by Crippen LogP contribution is 2.23.